The highest BCUT2D eigenvalue weighted by Crippen LogP contribution is 2.48. The van der Waals surface area contributed by atoms with Crippen LogP contribution in [-0.2, 0) is 11.2 Å². The van der Waals surface area contributed by atoms with Gasteiger partial charge in [-0.2, -0.15) is 0 Å². The van der Waals surface area contributed by atoms with E-state index in [2.05, 4.69) is 13.0 Å². The molecule has 1 saturated heterocycles. The van der Waals surface area contributed by atoms with Gasteiger partial charge in [-0.25, -0.2) is 0 Å². The molecule has 1 fully saturated rings. The van der Waals surface area contributed by atoms with Crippen LogP contribution in [-0.4, -0.2) is 17.5 Å². The zero-order chi connectivity index (χ0) is 11.2. The first-order chi connectivity index (χ1) is 7.78. The molecule has 1 aromatic rings. The van der Waals surface area contributed by atoms with Crippen molar-refractivity contribution < 1.29 is 9.53 Å². The third-order valence-corrected chi connectivity index (χ3v) is 3.78. The number of epoxide rings is 1. The number of aryl methyl sites for hydroxylation is 1. The highest BCUT2D eigenvalue weighted by Gasteiger charge is 2.62. The Labute approximate surface area is 95.6 Å². The minimum Gasteiger partial charge on any atom is -0.357 e. The van der Waals surface area contributed by atoms with Crippen LogP contribution < -0.4 is 0 Å². The van der Waals surface area contributed by atoms with Gasteiger partial charge in [0.1, 0.15) is 0 Å². The Morgan fingerprint density at radius 1 is 1.44 bits per heavy atom. The minimum absolute atomic E-state index is 0.179. The molecular weight excluding hydrogens is 200 g/mol. The van der Waals surface area contributed by atoms with Crippen molar-refractivity contribution in [1.29, 1.82) is 0 Å². The van der Waals surface area contributed by atoms with Gasteiger partial charge in [-0.05, 0) is 24.8 Å². The molecule has 1 aliphatic heterocycles. The van der Waals surface area contributed by atoms with E-state index in [9.17, 15) is 4.79 Å². The van der Waals surface area contributed by atoms with Gasteiger partial charge < -0.3 is 4.74 Å². The summed E-state index contributed by atoms with van der Waals surface area (Å²) in [5, 5.41) is 0. The van der Waals surface area contributed by atoms with Gasteiger partial charge in [0, 0.05) is 5.56 Å². The van der Waals surface area contributed by atoms with Gasteiger partial charge >= 0.3 is 0 Å². The fourth-order valence-electron chi connectivity index (χ4n) is 2.82. The van der Waals surface area contributed by atoms with E-state index in [4.69, 9.17) is 4.74 Å². The van der Waals surface area contributed by atoms with E-state index >= 15 is 0 Å². The Balaban J connectivity index is 1.91. The molecule has 2 atom stereocenters. The summed E-state index contributed by atoms with van der Waals surface area (Å²) in [6.07, 6.45) is 4.11. The topological polar surface area (TPSA) is 29.6 Å². The van der Waals surface area contributed by atoms with Gasteiger partial charge in [-0.1, -0.05) is 37.6 Å². The molecule has 0 bridgehead atoms. The number of carbonyl (C=O) groups excluding carboxylic acids is 1. The van der Waals surface area contributed by atoms with Crippen molar-refractivity contribution in [3.05, 3.63) is 35.4 Å². The number of rotatable bonds is 2. The van der Waals surface area contributed by atoms with Gasteiger partial charge in [0.2, 0.25) is 0 Å². The van der Waals surface area contributed by atoms with E-state index in [1.54, 1.807) is 0 Å². The Bertz CT molecular complexity index is 438. The summed E-state index contributed by atoms with van der Waals surface area (Å²) in [6.45, 7) is 2.14. The van der Waals surface area contributed by atoms with Crippen LogP contribution in [0.1, 0.15) is 42.1 Å². The third-order valence-electron chi connectivity index (χ3n) is 3.78. The first-order valence-corrected chi connectivity index (χ1v) is 6.08. The van der Waals surface area contributed by atoms with Gasteiger partial charge in [-0.15, -0.1) is 0 Å². The molecule has 2 aliphatic rings. The molecule has 16 heavy (non-hydrogen) atoms. The van der Waals surface area contributed by atoms with Crippen molar-refractivity contribution in [3.8, 4) is 0 Å². The van der Waals surface area contributed by atoms with Crippen molar-refractivity contribution in [1.82, 2.24) is 0 Å². The third kappa shape index (κ3) is 1.26. The first-order valence-electron chi connectivity index (χ1n) is 6.08. The number of ketones is 1. The van der Waals surface area contributed by atoms with Crippen LogP contribution in [0.3, 0.4) is 0 Å². The predicted molar refractivity (Wildman–Crippen MR) is 61.6 cm³/mol. The summed E-state index contributed by atoms with van der Waals surface area (Å²) in [5.41, 5.74) is 1.63. The standard InChI is InChI=1S/C14H16O2/c1-2-5-12-14(16-12)9-8-10-6-3-4-7-11(10)13(14)15/h3-4,6-7,12H,2,5,8-9H2,1H3/t12-,14+/m1/s1. The molecule has 2 heteroatoms. The fourth-order valence-corrected chi connectivity index (χ4v) is 2.82. The van der Waals surface area contributed by atoms with Crippen LogP contribution in [0.15, 0.2) is 24.3 Å². The van der Waals surface area contributed by atoms with Crippen LogP contribution in [0, 0.1) is 0 Å². The molecule has 1 aromatic carbocycles. The van der Waals surface area contributed by atoms with Gasteiger partial charge in [-0.3, -0.25) is 4.79 Å². The minimum atomic E-state index is -0.440. The van der Waals surface area contributed by atoms with Crippen molar-refractivity contribution in [2.75, 3.05) is 0 Å². The lowest BCUT2D eigenvalue weighted by molar-refractivity contribution is 0.0850. The summed E-state index contributed by atoms with van der Waals surface area (Å²) in [6, 6.07) is 7.93. The molecule has 84 valence electrons. The summed E-state index contributed by atoms with van der Waals surface area (Å²) < 4.78 is 5.71. The molecule has 1 spiro atoms. The smallest absolute Gasteiger partial charge is 0.197 e. The lowest BCUT2D eigenvalue weighted by Gasteiger charge is -2.20. The number of hydrogen-bond acceptors (Lipinski definition) is 2. The van der Waals surface area contributed by atoms with Crippen molar-refractivity contribution >= 4 is 5.78 Å². The molecule has 0 saturated carbocycles. The van der Waals surface area contributed by atoms with Crippen LogP contribution in [0.5, 0.6) is 0 Å². The largest absolute Gasteiger partial charge is 0.357 e. The Morgan fingerprint density at radius 2 is 2.25 bits per heavy atom. The average molecular weight is 216 g/mol. The fraction of sp³-hybridized carbons (Fsp3) is 0.500. The van der Waals surface area contributed by atoms with Crippen LogP contribution in [0.4, 0.5) is 0 Å². The lowest BCUT2D eigenvalue weighted by Crippen LogP contribution is -2.33. The summed E-state index contributed by atoms with van der Waals surface area (Å²) in [5.74, 6) is 0.216. The van der Waals surface area contributed by atoms with Gasteiger partial charge in [0.25, 0.3) is 0 Å². The Hall–Kier alpha value is -1.15. The Kier molecular flexibility index (Phi) is 2.15. The number of Topliss-reactive ketones (excluding diaryl/α,β-unsaturated/α-hetero) is 1. The second-order valence-corrected chi connectivity index (χ2v) is 4.77. The van der Waals surface area contributed by atoms with E-state index in [1.807, 2.05) is 18.2 Å². The maximum absolute atomic E-state index is 12.4. The molecule has 0 N–H and O–H groups in total. The average Bonchev–Trinajstić information content (AvgIpc) is 3.00. The van der Waals surface area contributed by atoms with Gasteiger partial charge in [0.15, 0.2) is 11.4 Å². The van der Waals surface area contributed by atoms with E-state index in [0.717, 1.165) is 31.2 Å². The van der Waals surface area contributed by atoms with Crippen LogP contribution in [0.25, 0.3) is 0 Å². The van der Waals surface area contributed by atoms with Crippen LogP contribution in [0.2, 0.25) is 0 Å². The molecule has 0 radical (unpaired) electrons. The van der Waals surface area contributed by atoms with Gasteiger partial charge in [0.05, 0.1) is 6.10 Å². The number of hydrogen-bond donors (Lipinski definition) is 0. The number of fused-ring (bicyclic) bond motifs is 1. The van der Waals surface area contributed by atoms with E-state index in [-0.39, 0.29) is 11.9 Å². The monoisotopic (exact) mass is 216 g/mol. The second kappa shape index (κ2) is 3.42. The van der Waals surface area contributed by atoms with Crippen molar-refractivity contribution in [2.45, 2.75) is 44.3 Å². The zero-order valence-electron chi connectivity index (χ0n) is 9.53. The molecule has 2 nitrogen and oxygen atoms in total. The summed E-state index contributed by atoms with van der Waals surface area (Å²) in [7, 11) is 0. The maximum atomic E-state index is 12.4. The first kappa shape index (κ1) is 10.0. The van der Waals surface area contributed by atoms with E-state index < -0.39 is 5.60 Å². The van der Waals surface area contributed by atoms with Crippen LogP contribution >= 0.6 is 0 Å². The molecule has 0 unspecified atom stereocenters. The number of ether oxygens (including phenoxy) is 1. The zero-order valence-corrected chi connectivity index (χ0v) is 9.53. The van der Waals surface area contributed by atoms with E-state index in [1.165, 1.54) is 5.56 Å². The van der Waals surface area contributed by atoms with Crippen molar-refractivity contribution in [2.24, 2.45) is 0 Å². The quantitative estimate of drug-likeness (QED) is 0.711. The SMILES string of the molecule is CCC[C@H]1O[C@@]12CCc1ccccc1C2=O. The number of carbonyl (C=O) groups is 1. The normalized spacial score (nSPS) is 31.6. The summed E-state index contributed by atoms with van der Waals surface area (Å²) >= 11 is 0. The predicted octanol–water partition coefficient (Wildman–Crippen LogP) is 2.75. The maximum Gasteiger partial charge on any atom is 0.197 e. The molecule has 0 amide bonds. The molecule has 1 heterocycles. The highest BCUT2D eigenvalue weighted by atomic mass is 16.6. The molecule has 0 aromatic heterocycles. The number of benzene rings is 1. The lowest BCUT2D eigenvalue weighted by atomic mass is 9.80. The summed E-state index contributed by atoms with van der Waals surface area (Å²) in [4.78, 5) is 12.4. The van der Waals surface area contributed by atoms with Crippen molar-refractivity contribution in [3.63, 3.8) is 0 Å². The molecule has 1 aliphatic carbocycles. The Morgan fingerprint density at radius 3 is 3.06 bits per heavy atom. The molecular formula is C14H16O2. The second-order valence-electron chi connectivity index (χ2n) is 4.77. The van der Waals surface area contributed by atoms with E-state index in [0.29, 0.717) is 0 Å². The highest BCUT2D eigenvalue weighted by molar-refractivity contribution is 6.06. The molecule has 3 rings (SSSR count).